The monoisotopic (exact) mass is 973 g/mol. The van der Waals surface area contributed by atoms with Crippen LogP contribution >= 0.6 is 0 Å². The van der Waals surface area contributed by atoms with Crippen molar-refractivity contribution in [1.82, 2.24) is 14.5 Å². The summed E-state index contributed by atoms with van der Waals surface area (Å²) in [5.41, 5.74) is 20.6. The fourth-order valence-electron chi connectivity index (χ4n) is 10.5. The molecule has 0 unspecified atom stereocenters. The van der Waals surface area contributed by atoms with Gasteiger partial charge in [-0.05, 0) is 138 Å². The number of hydrogen-bond donors (Lipinski definition) is 0. The van der Waals surface area contributed by atoms with Gasteiger partial charge < -0.3 is 14.4 Å². The van der Waals surface area contributed by atoms with Crippen LogP contribution in [0.5, 0.6) is 0 Å². The molecule has 0 radical (unpaired) electrons. The predicted molar refractivity (Wildman–Crippen MR) is 318 cm³/mol. The fraction of sp³-hybridized carbons (Fsp3) is 0.0141. The Balaban J connectivity index is 0.844. The fourth-order valence-corrected chi connectivity index (χ4v) is 10.5. The molecule has 5 nitrogen and oxygen atoms in total. The van der Waals surface area contributed by atoms with Gasteiger partial charge in [0.1, 0.15) is 0 Å². The largest absolute Gasteiger partial charge is 0.310 e. The maximum Gasteiger partial charge on any atom is 0.160 e. The standard InChI is InChI=1S/C71H51N5/c1-50-19-17-18-30-64(50)71-72-67(55-20-7-2-8-21-55)49-68(73-71)56-37-35-53(36-38-56)51-31-33-52(34-32-51)54-39-41-61(42-40-54)76-69-45-43-62(74(57-22-9-3-10-23-57)58-24-11-4-12-25-58)47-65(69)66-48-63(44-46-70(66)76)75(59-26-13-5-14-27-59)60-28-15-6-16-29-60/h2-49H,1H3. The molecule has 76 heavy (non-hydrogen) atoms. The van der Waals surface area contributed by atoms with Crippen LogP contribution in [-0.4, -0.2) is 14.5 Å². The second kappa shape index (κ2) is 20.1. The molecule has 0 fully saturated rings. The number of rotatable bonds is 12. The highest BCUT2D eigenvalue weighted by molar-refractivity contribution is 6.12. The van der Waals surface area contributed by atoms with Crippen molar-refractivity contribution >= 4 is 55.9 Å². The second-order valence-electron chi connectivity index (χ2n) is 19.1. The van der Waals surface area contributed by atoms with Gasteiger partial charge in [0, 0.05) is 67.3 Å². The van der Waals surface area contributed by atoms with E-state index in [1.54, 1.807) is 0 Å². The topological polar surface area (TPSA) is 37.2 Å². The Morgan fingerprint density at radius 2 is 0.632 bits per heavy atom. The number of anilines is 6. The molecule has 13 rings (SSSR count). The summed E-state index contributed by atoms with van der Waals surface area (Å²) >= 11 is 0. The van der Waals surface area contributed by atoms with E-state index in [0.29, 0.717) is 0 Å². The van der Waals surface area contributed by atoms with Crippen molar-refractivity contribution in [3.8, 4) is 61.8 Å². The minimum Gasteiger partial charge on any atom is -0.310 e. The van der Waals surface area contributed by atoms with E-state index in [1.165, 1.54) is 10.8 Å². The molecule has 0 aliphatic carbocycles. The summed E-state index contributed by atoms with van der Waals surface area (Å²) in [6, 6.07) is 104. The summed E-state index contributed by atoms with van der Waals surface area (Å²) < 4.78 is 2.41. The van der Waals surface area contributed by atoms with E-state index >= 15 is 0 Å². The molecule has 0 amide bonds. The predicted octanol–water partition coefficient (Wildman–Crippen LogP) is 19.2. The Kier molecular flexibility index (Phi) is 12.1. The Bertz CT molecular complexity index is 3900. The summed E-state index contributed by atoms with van der Waals surface area (Å²) in [6.07, 6.45) is 0. The maximum atomic E-state index is 5.10. The van der Waals surface area contributed by atoms with Crippen LogP contribution in [0.1, 0.15) is 5.56 Å². The van der Waals surface area contributed by atoms with Crippen molar-refractivity contribution in [2.45, 2.75) is 6.92 Å². The number of aryl methyl sites for hydroxylation is 1. The number of aromatic nitrogens is 3. The highest BCUT2D eigenvalue weighted by atomic mass is 15.1. The van der Waals surface area contributed by atoms with Gasteiger partial charge >= 0.3 is 0 Å². The Morgan fingerprint density at radius 1 is 0.289 bits per heavy atom. The number of benzene rings is 11. The lowest BCUT2D eigenvalue weighted by Gasteiger charge is -2.26. The van der Waals surface area contributed by atoms with Crippen LogP contribution in [0, 0.1) is 6.92 Å². The zero-order chi connectivity index (χ0) is 50.8. The first-order valence-electron chi connectivity index (χ1n) is 25.8. The molecule has 0 saturated carbocycles. The number of para-hydroxylation sites is 4. The van der Waals surface area contributed by atoms with Crippen LogP contribution in [-0.2, 0) is 0 Å². The van der Waals surface area contributed by atoms with Gasteiger partial charge in [0.05, 0.1) is 22.4 Å². The molecule has 13 aromatic rings. The second-order valence-corrected chi connectivity index (χ2v) is 19.1. The summed E-state index contributed by atoms with van der Waals surface area (Å²) in [4.78, 5) is 14.8. The van der Waals surface area contributed by atoms with Gasteiger partial charge in [-0.2, -0.15) is 0 Å². The molecule has 0 aliphatic rings. The Labute approximate surface area is 443 Å². The van der Waals surface area contributed by atoms with Crippen molar-refractivity contribution in [2.75, 3.05) is 9.80 Å². The van der Waals surface area contributed by atoms with Gasteiger partial charge in [0.2, 0.25) is 0 Å². The van der Waals surface area contributed by atoms with Gasteiger partial charge in [-0.25, -0.2) is 9.97 Å². The highest BCUT2D eigenvalue weighted by Crippen LogP contribution is 2.43. The van der Waals surface area contributed by atoms with Crippen LogP contribution in [0.4, 0.5) is 34.1 Å². The van der Waals surface area contributed by atoms with Gasteiger partial charge in [0.15, 0.2) is 5.82 Å². The van der Waals surface area contributed by atoms with Crippen LogP contribution in [0.25, 0.3) is 83.6 Å². The first-order valence-corrected chi connectivity index (χ1v) is 25.8. The minimum absolute atomic E-state index is 0.727. The minimum atomic E-state index is 0.727. The van der Waals surface area contributed by atoms with E-state index in [9.17, 15) is 0 Å². The molecular formula is C71H51N5. The van der Waals surface area contributed by atoms with Gasteiger partial charge in [-0.15, -0.1) is 0 Å². The van der Waals surface area contributed by atoms with Crippen LogP contribution < -0.4 is 9.80 Å². The lowest BCUT2D eigenvalue weighted by molar-refractivity contribution is 1.17. The summed E-state index contributed by atoms with van der Waals surface area (Å²) in [7, 11) is 0. The van der Waals surface area contributed by atoms with E-state index in [1.807, 2.05) is 12.1 Å². The van der Waals surface area contributed by atoms with Gasteiger partial charge in [-0.3, -0.25) is 0 Å². The zero-order valence-corrected chi connectivity index (χ0v) is 41.9. The Morgan fingerprint density at radius 3 is 1.04 bits per heavy atom. The zero-order valence-electron chi connectivity index (χ0n) is 41.9. The van der Waals surface area contributed by atoms with Crippen molar-refractivity contribution in [3.63, 3.8) is 0 Å². The van der Waals surface area contributed by atoms with Gasteiger partial charge in [0.25, 0.3) is 0 Å². The Hall–Kier alpha value is -10.1. The van der Waals surface area contributed by atoms with E-state index in [-0.39, 0.29) is 0 Å². The van der Waals surface area contributed by atoms with Crippen LogP contribution in [0.3, 0.4) is 0 Å². The summed E-state index contributed by atoms with van der Waals surface area (Å²) in [5, 5.41) is 2.34. The first kappa shape index (κ1) is 45.7. The van der Waals surface area contributed by atoms with Gasteiger partial charge in [-0.1, -0.05) is 188 Å². The molecule has 11 aromatic carbocycles. The van der Waals surface area contributed by atoms with Crippen molar-refractivity contribution in [3.05, 3.63) is 297 Å². The molecule has 0 atom stereocenters. The smallest absolute Gasteiger partial charge is 0.160 e. The highest BCUT2D eigenvalue weighted by Gasteiger charge is 2.21. The molecule has 0 bridgehead atoms. The molecule has 2 aromatic heterocycles. The average molecular weight is 974 g/mol. The maximum absolute atomic E-state index is 5.10. The molecule has 0 spiro atoms. The molecule has 0 saturated heterocycles. The molecule has 0 N–H and O–H groups in total. The molecule has 360 valence electrons. The number of hydrogen-bond acceptors (Lipinski definition) is 4. The van der Waals surface area contributed by atoms with E-state index in [4.69, 9.17) is 9.97 Å². The van der Waals surface area contributed by atoms with E-state index < -0.39 is 0 Å². The third kappa shape index (κ3) is 8.86. The third-order valence-corrected chi connectivity index (χ3v) is 14.3. The van der Waals surface area contributed by atoms with E-state index in [2.05, 4.69) is 300 Å². The molecule has 2 heterocycles. The third-order valence-electron chi connectivity index (χ3n) is 14.3. The number of nitrogens with zero attached hydrogens (tertiary/aromatic N) is 5. The SMILES string of the molecule is Cc1ccccc1-c1nc(-c2ccccc2)cc(-c2ccc(-c3ccc(-c4ccc(-n5c6ccc(N(c7ccccc7)c7ccccc7)cc6c6cc(N(c7ccccc7)c7ccccc7)ccc65)cc4)cc3)cc2)n1. The van der Waals surface area contributed by atoms with Crippen molar-refractivity contribution < 1.29 is 0 Å². The van der Waals surface area contributed by atoms with Crippen molar-refractivity contribution in [2.24, 2.45) is 0 Å². The normalized spacial score (nSPS) is 11.2. The van der Waals surface area contributed by atoms with Crippen LogP contribution in [0.15, 0.2) is 291 Å². The molecular weight excluding hydrogens is 923 g/mol. The summed E-state index contributed by atoms with van der Waals surface area (Å²) in [6.45, 7) is 2.11. The molecule has 5 heteroatoms. The lowest BCUT2D eigenvalue weighted by Crippen LogP contribution is -2.09. The first-order chi connectivity index (χ1) is 37.6. The van der Waals surface area contributed by atoms with Crippen LogP contribution in [0.2, 0.25) is 0 Å². The lowest BCUT2D eigenvalue weighted by atomic mass is 9.98. The number of fused-ring (bicyclic) bond motifs is 3. The van der Waals surface area contributed by atoms with E-state index in [0.717, 1.165) is 113 Å². The quantitative estimate of drug-likeness (QED) is 0.122. The van der Waals surface area contributed by atoms with Crippen molar-refractivity contribution in [1.29, 1.82) is 0 Å². The average Bonchev–Trinajstić information content (AvgIpc) is 3.83. The summed E-state index contributed by atoms with van der Waals surface area (Å²) in [5.74, 6) is 0.727. The molecule has 0 aliphatic heterocycles.